The number of esters is 1. The fraction of sp³-hybridized carbons (Fsp3) is 0.519. The third-order valence-electron chi connectivity index (χ3n) is 6.29. The number of nitrogens with zero attached hydrogens (tertiary/aromatic N) is 1. The minimum Gasteiger partial charge on any atom is -0.466 e. The molecule has 1 heterocycles. The van der Waals surface area contributed by atoms with Crippen LogP contribution in [0.2, 0.25) is 0 Å². The van der Waals surface area contributed by atoms with Gasteiger partial charge in [-0.15, -0.1) is 11.3 Å². The van der Waals surface area contributed by atoms with Crippen LogP contribution >= 0.6 is 11.3 Å². The summed E-state index contributed by atoms with van der Waals surface area (Å²) in [4.78, 5) is 54.7. The SMILES string of the molecule is CCOC(=O)Cc1csc(CC(=O)Cc2ccc(CC(=O)NCCS(C)(=O)=O)cc2C(=O)C2CCCC2)n1. The van der Waals surface area contributed by atoms with E-state index >= 15 is 0 Å². The van der Waals surface area contributed by atoms with Gasteiger partial charge in [-0.05, 0) is 37.0 Å². The van der Waals surface area contributed by atoms with Crippen LogP contribution in [0.25, 0.3) is 0 Å². The summed E-state index contributed by atoms with van der Waals surface area (Å²) in [6.45, 7) is 2.05. The van der Waals surface area contributed by atoms with Crippen molar-refractivity contribution in [2.24, 2.45) is 5.92 Å². The summed E-state index contributed by atoms with van der Waals surface area (Å²) in [5.74, 6) is -1.04. The van der Waals surface area contributed by atoms with E-state index < -0.39 is 9.84 Å². The first-order chi connectivity index (χ1) is 18.0. The van der Waals surface area contributed by atoms with E-state index in [1.54, 1.807) is 30.5 Å². The molecular formula is C27H34N2O7S2. The molecule has 0 atom stereocenters. The highest BCUT2D eigenvalue weighted by Crippen LogP contribution is 2.30. The Morgan fingerprint density at radius 1 is 1.08 bits per heavy atom. The summed E-state index contributed by atoms with van der Waals surface area (Å²) in [5.41, 5.74) is 2.28. The van der Waals surface area contributed by atoms with E-state index in [4.69, 9.17) is 4.74 Å². The number of ether oxygens (including phenoxy) is 1. The number of sulfone groups is 1. The van der Waals surface area contributed by atoms with E-state index in [1.807, 2.05) is 0 Å². The molecule has 11 heteroatoms. The molecule has 0 unspecified atom stereocenters. The molecule has 3 rings (SSSR count). The highest BCUT2D eigenvalue weighted by molar-refractivity contribution is 7.90. The zero-order chi connectivity index (χ0) is 27.7. The maximum atomic E-state index is 13.4. The number of hydrogen-bond donors (Lipinski definition) is 1. The van der Waals surface area contributed by atoms with Gasteiger partial charge >= 0.3 is 5.97 Å². The van der Waals surface area contributed by atoms with Crippen LogP contribution in [0.15, 0.2) is 23.6 Å². The zero-order valence-corrected chi connectivity index (χ0v) is 23.4. The second kappa shape index (κ2) is 13.7. The van der Waals surface area contributed by atoms with E-state index in [1.165, 1.54) is 11.3 Å². The summed E-state index contributed by atoms with van der Waals surface area (Å²) >= 11 is 1.31. The molecule has 0 saturated heterocycles. The molecule has 0 radical (unpaired) electrons. The Balaban J connectivity index is 1.69. The highest BCUT2D eigenvalue weighted by Gasteiger charge is 2.26. The van der Waals surface area contributed by atoms with Crippen molar-refractivity contribution < 1.29 is 32.3 Å². The number of aromatic nitrogens is 1. The molecule has 0 aliphatic heterocycles. The summed E-state index contributed by atoms with van der Waals surface area (Å²) in [5, 5.41) is 4.93. The number of Topliss-reactive ketones (excluding diaryl/α,β-unsaturated/α-hetero) is 2. The number of thiazole rings is 1. The van der Waals surface area contributed by atoms with Crippen molar-refractivity contribution in [2.45, 2.75) is 58.3 Å². The number of amides is 1. The summed E-state index contributed by atoms with van der Waals surface area (Å²) in [6.07, 6.45) is 4.92. The van der Waals surface area contributed by atoms with E-state index in [0.29, 0.717) is 34.0 Å². The number of nitrogens with one attached hydrogen (secondary N) is 1. The summed E-state index contributed by atoms with van der Waals surface area (Å²) < 4.78 is 27.5. The van der Waals surface area contributed by atoms with Gasteiger partial charge in [0.1, 0.15) is 20.6 Å². The summed E-state index contributed by atoms with van der Waals surface area (Å²) in [6, 6.07) is 5.15. The maximum Gasteiger partial charge on any atom is 0.311 e. The lowest BCUT2D eigenvalue weighted by Gasteiger charge is -2.14. The molecule has 1 aliphatic rings. The molecule has 1 aromatic carbocycles. The van der Waals surface area contributed by atoms with Crippen LogP contribution < -0.4 is 5.32 Å². The van der Waals surface area contributed by atoms with Crippen molar-refractivity contribution in [3.8, 4) is 0 Å². The minimum absolute atomic E-state index is 0.00407. The molecule has 38 heavy (non-hydrogen) atoms. The van der Waals surface area contributed by atoms with Crippen LogP contribution in [0.5, 0.6) is 0 Å². The van der Waals surface area contributed by atoms with Crippen LogP contribution in [-0.2, 0) is 54.6 Å². The van der Waals surface area contributed by atoms with Crippen molar-refractivity contribution in [1.29, 1.82) is 0 Å². The van der Waals surface area contributed by atoms with E-state index in [-0.39, 0.29) is 67.3 Å². The van der Waals surface area contributed by atoms with Crippen LogP contribution in [0.1, 0.15) is 64.8 Å². The Hall–Kier alpha value is -2.92. The number of rotatable bonds is 14. The molecule has 1 amide bonds. The lowest BCUT2D eigenvalue weighted by molar-refractivity contribution is -0.142. The smallest absolute Gasteiger partial charge is 0.311 e. The van der Waals surface area contributed by atoms with Crippen molar-refractivity contribution in [2.75, 3.05) is 25.2 Å². The molecule has 0 bridgehead atoms. The average molecular weight is 563 g/mol. The maximum absolute atomic E-state index is 13.4. The van der Waals surface area contributed by atoms with Gasteiger partial charge in [0.05, 0.1) is 37.3 Å². The minimum atomic E-state index is -3.18. The average Bonchev–Trinajstić information content (AvgIpc) is 3.51. The molecule has 1 fully saturated rings. The van der Waals surface area contributed by atoms with Crippen molar-refractivity contribution in [3.05, 3.63) is 51.0 Å². The van der Waals surface area contributed by atoms with Gasteiger partial charge in [0.25, 0.3) is 0 Å². The lowest BCUT2D eigenvalue weighted by Crippen LogP contribution is -2.30. The predicted molar refractivity (Wildman–Crippen MR) is 144 cm³/mol. The Kier molecular flexibility index (Phi) is 10.7. The highest BCUT2D eigenvalue weighted by atomic mass is 32.2. The van der Waals surface area contributed by atoms with E-state index in [0.717, 1.165) is 31.9 Å². The molecule has 1 aliphatic carbocycles. The second-order valence-electron chi connectivity index (χ2n) is 9.60. The Morgan fingerprint density at radius 3 is 2.50 bits per heavy atom. The third-order valence-corrected chi connectivity index (χ3v) is 8.13. The molecule has 2 aromatic rings. The van der Waals surface area contributed by atoms with Crippen LogP contribution in [-0.4, -0.2) is 62.0 Å². The normalized spacial score (nSPS) is 13.8. The lowest BCUT2D eigenvalue weighted by atomic mass is 9.89. The number of benzene rings is 1. The van der Waals surface area contributed by atoms with Gasteiger partial charge in [-0.25, -0.2) is 13.4 Å². The number of carbonyl (C=O) groups excluding carboxylic acids is 4. The van der Waals surface area contributed by atoms with Crippen LogP contribution in [0.4, 0.5) is 0 Å². The van der Waals surface area contributed by atoms with Gasteiger partial charge in [0.2, 0.25) is 5.91 Å². The van der Waals surface area contributed by atoms with E-state index in [2.05, 4.69) is 10.3 Å². The first kappa shape index (κ1) is 29.6. The second-order valence-corrected chi connectivity index (χ2v) is 12.8. The van der Waals surface area contributed by atoms with Gasteiger partial charge in [-0.1, -0.05) is 25.0 Å². The zero-order valence-electron chi connectivity index (χ0n) is 21.8. The van der Waals surface area contributed by atoms with Gasteiger partial charge in [0, 0.05) is 36.1 Å². The fourth-order valence-corrected chi connectivity index (χ4v) is 5.76. The summed E-state index contributed by atoms with van der Waals surface area (Å²) in [7, 11) is -3.18. The van der Waals surface area contributed by atoms with Crippen molar-refractivity contribution >= 4 is 44.6 Å². The van der Waals surface area contributed by atoms with Gasteiger partial charge in [-0.2, -0.15) is 0 Å². The van der Waals surface area contributed by atoms with E-state index in [9.17, 15) is 27.6 Å². The Labute approximate surface area is 227 Å². The van der Waals surface area contributed by atoms with Crippen LogP contribution in [0.3, 0.4) is 0 Å². The topological polar surface area (TPSA) is 137 Å². The molecule has 1 aromatic heterocycles. The Bertz CT molecular complexity index is 1280. The standard InChI is InChI=1S/C27H34N2O7S2/c1-3-36-26(32)15-21-17-37-25(29-21)16-22(30)14-20-9-8-18(13-24(31)28-10-11-38(2,34)35)12-23(20)27(33)19-6-4-5-7-19/h8-9,12,17,19H,3-7,10-11,13-16H2,1-2H3,(H,28,31). The molecule has 206 valence electrons. The van der Waals surface area contributed by atoms with Gasteiger partial charge < -0.3 is 10.1 Å². The van der Waals surface area contributed by atoms with Gasteiger partial charge in [-0.3, -0.25) is 19.2 Å². The molecule has 1 saturated carbocycles. The number of hydrogen-bond acceptors (Lipinski definition) is 9. The molecular weight excluding hydrogens is 528 g/mol. The monoisotopic (exact) mass is 562 g/mol. The molecule has 1 N–H and O–H groups in total. The first-order valence-electron chi connectivity index (χ1n) is 12.7. The quantitative estimate of drug-likeness (QED) is 0.274. The fourth-order valence-electron chi connectivity index (χ4n) is 4.46. The number of ketones is 2. The van der Waals surface area contributed by atoms with Crippen molar-refractivity contribution in [1.82, 2.24) is 10.3 Å². The largest absolute Gasteiger partial charge is 0.466 e. The molecule has 9 nitrogen and oxygen atoms in total. The van der Waals surface area contributed by atoms with Crippen LogP contribution in [0, 0.1) is 5.92 Å². The third kappa shape index (κ3) is 9.43. The number of carbonyl (C=O) groups is 4. The van der Waals surface area contributed by atoms with Gasteiger partial charge in [0.15, 0.2) is 5.78 Å². The first-order valence-corrected chi connectivity index (χ1v) is 15.7. The Morgan fingerprint density at radius 2 is 1.82 bits per heavy atom. The predicted octanol–water partition coefficient (Wildman–Crippen LogP) is 2.68. The molecule has 0 spiro atoms. The van der Waals surface area contributed by atoms with Crippen molar-refractivity contribution in [3.63, 3.8) is 0 Å².